The molecule has 1 heterocycles. The Kier molecular flexibility index (Phi) is 3.05. The molecule has 0 fully saturated rings. The molecule has 0 atom stereocenters. The van der Waals surface area contributed by atoms with Crippen molar-refractivity contribution in [2.24, 2.45) is 0 Å². The van der Waals surface area contributed by atoms with Gasteiger partial charge in [0.2, 0.25) is 0 Å². The average Bonchev–Trinajstić information content (AvgIpc) is 2.85. The van der Waals surface area contributed by atoms with E-state index in [1.807, 2.05) is 0 Å². The van der Waals surface area contributed by atoms with Crippen LogP contribution in [0.15, 0.2) is 29.0 Å². The third-order valence-electron chi connectivity index (χ3n) is 2.37. The Morgan fingerprint density at radius 2 is 2.28 bits per heavy atom. The van der Waals surface area contributed by atoms with Gasteiger partial charge in [0, 0.05) is 12.1 Å². The highest BCUT2D eigenvalue weighted by Gasteiger charge is 2.18. The second-order valence-corrected chi connectivity index (χ2v) is 3.38. The summed E-state index contributed by atoms with van der Waals surface area (Å²) in [6.07, 6.45) is 1.73. The van der Waals surface area contributed by atoms with Crippen LogP contribution in [0.2, 0.25) is 0 Å². The number of ether oxygens (including phenoxy) is 1. The highest BCUT2D eigenvalue weighted by atomic mass is 16.6. The van der Waals surface area contributed by atoms with Crippen molar-refractivity contribution in [3.8, 4) is 17.0 Å². The molecule has 0 aliphatic rings. The van der Waals surface area contributed by atoms with Crippen LogP contribution in [-0.4, -0.2) is 23.5 Å². The molecule has 7 heteroatoms. The van der Waals surface area contributed by atoms with Crippen molar-refractivity contribution in [1.82, 2.24) is 5.16 Å². The van der Waals surface area contributed by atoms with Crippen molar-refractivity contribution in [2.45, 2.75) is 0 Å². The van der Waals surface area contributed by atoms with Gasteiger partial charge in [0.1, 0.15) is 17.7 Å². The number of hydrogen-bond donors (Lipinski definition) is 0. The normalized spacial score (nSPS) is 10.1. The van der Waals surface area contributed by atoms with Crippen LogP contribution in [0, 0.1) is 10.1 Å². The predicted octanol–water partition coefficient (Wildman–Crippen LogP) is 2.07. The van der Waals surface area contributed by atoms with Crippen LogP contribution in [0.4, 0.5) is 5.69 Å². The van der Waals surface area contributed by atoms with Gasteiger partial charge in [-0.05, 0) is 6.07 Å². The zero-order valence-electron chi connectivity index (χ0n) is 9.32. The van der Waals surface area contributed by atoms with Crippen LogP contribution in [0.5, 0.6) is 5.75 Å². The second-order valence-electron chi connectivity index (χ2n) is 3.38. The molecule has 0 bridgehead atoms. The first-order valence-corrected chi connectivity index (χ1v) is 4.89. The van der Waals surface area contributed by atoms with Crippen molar-refractivity contribution in [3.05, 3.63) is 40.1 Å². The topological polar surface area (TPSA) is 95.5 Å². The lowest BCUT2D eigenvalue weighted by Crippen LogP contribution is -1.94. The van der Waals surface area contributed by atoms with Crippen LogP contribution < -0.4 is 4.74 Å². The minimum Gasteiger partial charge on any atom is -0.496 e. The van der Waals surface area contributed by atoms with Crippen molar-refractivity contribution < 1.29 is 19.0 Å². The summed E-state index contributed by atoms with van der Waals surface area (Å²) in [6, 6.07) is 4.03. The summed E-state index contributed by atoms with van der Waals surface area (Å²) >= 11 is 0. The number of methoxy groups -OCH3 is 1. The van der Waals surface area contributed by atoms with E-state index in [-0.39, 0.29) is 16.9 Å². The van der Waals surface area contributed by atoms with E-state index in [2.05, 4.69) is 9.68 Å². The van der Waals surface area contributed by atoms with Crippen LogP contribution in [0.25, 0.3) is 11.3 Å². The summed E-state index contributed by atoms with van der Waals surface area (Å²) in [6.45, 7) is 0. The van der Waals surface area contributed by atoms with Gasteiger partial charge in [-0.25, -0.2) is 0 Å². The smallest absolute Gasteiger partial charge is 0.270 e. The van der Waals surface area contributed by atoms with E-state index in [9.17, 15) is 14.9 Å². The Labute approximate surface area is 101 Å². The first-order chi connectivity index (χ1) is 8.67. The fourth-order valence-electron chi connectivity index (χ4n) is 1.53. The zero-order chi connectivity index (χ0) is 13.1. The van der Waals surface area contributed by atoms with Crippen LogP contribution in [0.1, 0.15) is 10.4 Å². The molecule has 0 aliphatic heterocycles. The molecule has 7 nitrogen and oxygen atoms in total. The summed E-state index contributed by atoms with van der Waals surface area (Å²) in [5.74, 6) is 0.373. The summed E-state index contributed by atoms with van der Waals surface area (Å²) in [5.41, 5.74) is 0.632. The number of carbonyl (C=O) groups excluding carboxylic acids is 1. The third kappa shape index (κ3) is 1.93. The van der Waals surface area contributed by atoms with Gasteiger partial charge >= 0.3 is 0 Å². The summed E-state index contributed by atoms with van der Waals surface area (Å²) in [7, 11) is 1.42. The minimum absolute atomic E-state index is 0.120. The van der Waals surface area contributed by atoms with Gasteiger partial charge in [-0.15, -0.1) is 0 Å². The van der Waals surface area contributed by atoms with Gasteiger partial charge in [-0.1, -0.05) is 5.16 Å². The number of carbonyl (C=O) groups is 1. The average molecular weight is 248 g/mol. The Morgan fingerprint density at radius 3 is 2.89 bits per heavy atom. The lowest BCUT2D eigenvalue weighted by molar-refractivity contribution is -0.384. The van der Waals surface area contributed by atoms with E-state index >= 15 is 0 Å². The molecule has 0 N–H and O–H groups in total. The Hall–Kier alpha value is -2.70. The van der Waals surface area contributed by atoms with Crippen LogP contribution >= 0.6 is 0 Å². The highest BCUT2D eigenvalue weighted by molar-refractivity contribution is 5.87. The summed E-state index contributed by atoms with van der Waals surface area (Å²) in [4.78, 5) is 21.0. The van der Waals surface area contributed by atoms with Crippen molar-refractivity contribution >= 4 is 12.0 Å². The maximum atomic E-state index is 10.8. The summed E-state index contributed by atoms with van der Waals surface area (Å²) < 4.78 is 9.77. The number of hydrogen-bond acceptors (Lipinski definition) is 6. The third-order valence-corrected chi connectivity index (χ3v) is 2.37. The largest absolute Gasteiger partial charge is 0.496 e. The molecule has 2 aromatic rings. The van der Waals surface area contributed by atoms with Crippen LogP contribution in [0.3, 0.4) is 0 Å². The molecule has 0 spiro atoms. The lowest BCUT2D eigenvalue weighted by Gasteiger charge is -2.05. The number of rotatable bonds is 4. The molecule has 0 saturated heterocycles. The monoisotopic (exact) mass is 248 g/mol. The number of aldehydes is 1. The second kappa shape index (κ2) is 4.66. The molecule has 18 heavy (non-hydrogen) atoms. The maximum absolute atomic E-state index is 10.8. The quantitative estimate of drug-likeness (QED) is 0.467. The molecule has 0 amide bonds. The molecule has 92 valence electrons. The minimum atomic E-state index is -0.538. The van der Waals surface area contributed by atoms with Gasteiger partial charge < -0.3 is 9.26 Å². The van der Waals surface area contributed by atoms with E-state index in [0.717, 1.165) is 0 Å². The first kappa shape index (κ1) is 11.8. The number of nitro groups is 1. The Balaban J connectivity index is 2.64. The number of benzene rings is 1. The number of aromatic nitrogens is 1. The zero-order valence-corrected chi connectivity index (χ0v) is 9.32. The van der Waals surface area contributed by atoms with E-state index in [4.69, 9.17) is 4.74 Å². The molecule has 0 saturated carbocycles. The maximum Gasteiger partial charge on any atom is 0.270 e. The van der Waals surface area contributed by atoms with E-state index < -0.39 is 4.92 Å². The fraction of sp³-hybridized carbons (Fsp3) is 0.0909. The van der Waals surface area contributed by atoms with Crippen molar-refractivity contribution in [3.63, 3.8) is 0 Å². The lowest BCUT2D eigenvalue weighted by atomic mass is 10.1. The molecule has 0 aliphatic carbocycles. The van der Waals surface area contributed by atoms with E-state index in [1.165, 1.54) is 31.6 Å². The Morgan fingerprint density at radius 1 is 1.50 bits per heavy atom. The molecule has 2 rings (SSSR count). The van der Waals surface area contributed by atoms with Crippen LogP contribution in [-0.2, 0) is 0 Å². The highest BCUT2D eigenvalue weighted by Crippen LogP contribution is 2.33. The van der Waals surface area contributed by atoms with Crippen molar-refractivity contribution in [2.75, 3.05) is 7.11 Å². The van der Waals surface area contributed by atoms with E-state index in [1.54, 1.807) is 0 Å². The number of nitrogens with zero attached hydrogens (tertiary/aromatic N) is 2. The standard InChI is InChI=1S/C11H8N2O5/c1-17-10-3-2-8(13(15)16)4-9(10)11-7(5-14)6-18-12-11/h2-6H,1H3. The number of nitro benzene ring substituents is 1. The molecule has 1 aromatic carbocycles. The van der Waals surface area contributed by atoms with Crippen molar-refractivity contribution in [1.29, 1.82) is 0 Å². The van der Waals surface area contributed by atoms with Gasteiger partial charge in [0.25, 0.3) is 5.69 Å². The molecular formula is C11H8N2O5. The van der Waals surface area contributed by atoms with Gasteiger partial charge in [-0.2, -0.15) is 0 Å². The van der Waals surface area contributed by atoms with Gasteiger partial charge in [0.05, 0.1) is 23.2 Å². The van der Waals surface area contributed by atoms with E-state index in [0.29, 0.717) is 17.6 Å². The SMILES string of the molecule is COc1ccc([N+](=O)[O-])cc1-c1nocc1C=O. The molecule has 0 radical (unpaired) electrons. The molecule has 0 unspecified atom stereocenters. The van der Waals surface area contributed by atoms with Gasteiger partial charge in [0.15, 0.2) is 6.29 Å². The molecular weight excluding hydrogens is 240 g/mol. The molecule has 1 aromatic heterocycles. The fourth-order valence-corrected chi connectivity index (χ4v) is 1.53. The number of non-ortho nitro benzene ring substituents is 1. The van der Waals surface area contributed by atoms with Gasteiger partial charge in [-0.3, -0.25) is 14.9 Å². The predicted molar refractivity (Wildman–Crippen MR) is 60.5 cm³/mol. The summed E-state index contributed by atoms with van der Waals surface area (Å²) in [5, 5.41) is 14.4. The Bertz CT molecular complexity index is 605. The first-order valence-electron chi connectivity index (χ1n) is 4.89.